The zero-order chi connectivity index (χ0) is 30.3. The van der Waals surface area contributed by atoms with Crippen LogP contribution in [-0.2, 0) is 0 Å². The summed E-state index contributed by atoms with van der Waals surface area (Å²) in [6.07, 6.45) is 0.422. The molecule has 0 radical (unpaired) electrons. The van der Waals surface area contributed by atoms with E-state index in [-0.39, 0.29) is 17.7 Å². The van der Waals surface area contributed by atoms with Crippen molar-refractivity contribution in [1.82, 2.24) is 0 Å². The van der Waals surface area contributed by atoms with Crippen molar-refractivity contribution in [1.29, 1.82) is 0 Å². The molecule has 0 N–H and O–H groups in total. The van der Waals surface area contributed by atoms with Gasteiger partial charge >= 0.3 is 0 Å². The van der Waals surface area contributed by atoms with Gasteiger partial charge in [-0.05, 0) is 96.2 Å². The first-order valence-corrected chi connectivity index (χ1v) is 15.0. The van der Waals surface area contributed by atoms with E-state index in [0.717, 1.165) is 61.5 Å². The number of para-hydroxylation sites is 2. The second-order valence-electron chi connectivity index (χ2n) is 11.2. The van der Waals surface area contributed by atoms with Crippen LogP contribution in [0.4, 0.5) is 37.2 Å². The summed E-state index contributed by atoms with van der Waals surface area (Å²) < 4.78 is 34.6. The van der Waals surface area contributed by atoms with Crippen molar-refractivity contribution in [3.05, 3.63) is 179 Å². The molecule has 1 heterocycles. The maximum Gasteiger partial charge on any atom is 0.131 e. The number of anilines is 5. The molecule has 0 saturated carbocycles. The van der Waals surface area contributed by atoms with Crippen LogP contribution in [0.3, 0.4) is 0 Å². The summed E-state index contributed by atoms with van der Waals surface area (Å²) in [4.78, 5) is 4.34. The number of nitrogens with zero attached hydrogens (tertiary/aromatic N) is 2. The van der Waals surface area contributed by atoms with Crippen molar-refractivity contribution >= 4 is 39.7 Å². The minimum atomic E-state index is -0.274. The number of rotatable bonds is 6. The Morgan fingerprint density at radius 3 is 1.60 bits per heavy atom. The molecule has 1 atom stereocenters. The topological polar surface area (TPSA) is 15.7 Å². The van der Waals surface area contributed by atoms with Crippen molar-refractivity contribution in [2.45, 2.75) is 12.5 Å². The second-order valence-corrected chi connectivity index (χ2v) is 11.2. The number of hydrogen-bond donors (Lipinski definition) is 0. The molecular formula is C40H28F2N2O. The van der Waals surface area contributed by atoms with Crippen LogP contribution in [0, 0.1) is 11.6 Å². The van der Waals surface area contributed by atoms with Gasteiger partial charge in [0.2, 0.25) is 0 Å². The Kier molecular flexibility index (Phi) is 6.64. The molecule has 6 aromatic carbocycles. The quantitative estimate of drug-likeness (QED) is 0.193. The van der Waals surface area contributed by atoms with E-state index in [1.807, 2.05) is 66.7 Å². The zero-order valence-corrected chi connectivity index (χ0v) is 24.3. The summed E-state index contributed by atoms with van der Waals surface area (Å²) in [6.45, 7) is 0. The van der Waals surface area contributed by atoms with Crippen LogP contribution in [0.15, 0.2) is 152 Å². The first-order valence-electron chi connectivity index (χ1n) is 15.0. The normalized spacial score (nSPS) is 14.7. The Labute approximate surface area is 260 Å². The molecule has 2 aliphatic rings. The average Bonchev–Trinajstić information content (AvgIpc) is 3.46. The molecule has 0 unspecified atom stereocenters. The van der Waals surface area contributed by atoms with E-state index in [4.69, 9.17) is 4.74 Å². The lowest BCUT2D eigenvalue weighted by Gasteiger charge is -2.32. The van der Waals surface area contributed by atoms with E-state index >= 15 is 0 Å². The summed E-state index contributed by atoms with van der Waals surface area (Å²) >= 11 is 0. The Hall–Kier alpha value is -5.68. The molecule has 5 heteroatoms. The highest BCUT2D eigenvalue weighted by atomic mass is 19.1. The van der Waals surface area contributed by atoms with Crippen LogP contribution in [0.1, 0.15) is 12.0 Å². The lowest BCUT2D eigenvalue weighted by atomic mass is 9.90. The minimum absolute atomic E-state index is 0.206. The van der Waals surface area contributed by atoms with Crippen molar-refractivity contribution in [2.24, 2.45) is 0 Å². The fourth-order valence-electron chi connectivity index (χ4n) is 6.53. The fourth-order valence-corrected chi connectivity index (χ4v) is 6.53. The molecular weight excluding hydrogens is 562 g/mol. The number of ether oxygens (including phenoxy) is 1. The highest BCUT2D eigenvalue weighted by Crippen LogP contribution is 2.45. The van der Waals surface area contributed by atoms with Crippen molar-refractivity contribution in [2.75, 3.05) is 9.80 Å². The van der Waals surface area contributed by atoms with Crippen LogP contribution in [0.5, 0.6) is 5.75 Å². The van der Waals surface area contributed by atoms with E-state index < -0.39 is 0 Å². The molecule has 8 rings (SSSR count). The van der Waals surface area contributed by atoms with Gasteiger partial charge in [0.25, 0.3) is 0 Å². The van der Waals surface area contributed by atoms with E-state index in [1.54, 1.807) is 12.1 Å². The number of hydrogen-bond acceptors (Lipinski definition) is 3. The molecule has 0 fully saturated rings. The fraction of sp³-hybridized carbons (Fsp3) is 0.0500. The summed E-state index contributed by atoms with van der Waals surface area (Å²) in [5, 5.41) is 2.22. The van der Waals surface area contributed by atoms with Gasteiger partial charge in [0, 0.05) is 56.9 Å². The highest BCUT2D eigenvalue weighted by molar-refractivity contribution is 5.88. The number of benzene rings is 6. The van der Waals surface area contributed by atoms with Gasteiger partial charge in [0.05, 0.1) is 0 Å². The van der Waals surface area contributed by atoms with Gasteiger partial charge in [-0.15, -0.1) is 0 Å². The monoisotopic (exact) mass is 590 g/mol. The van der Waals surface area contributed by atoms with Gasteiger partial charge in [-0.3, -0.25) is 0 Å². The van der Waals surface area contributed by atoms with Gasteiger partial charge in [-0.1, -0.05) is 60.7 Å². The molecule has 0 spiro atoms. The van der Waals surface area contributed by atoms with Crippen molar-refractivity contribution in [3.63, 3.8) is 0 Å². The van der Waals surface area contributed by atoms with Crippen LogP contribution < -0.4 is 25.0 Å². The second kappa shape index (κ2) is 11.1. The number of halogens is 2. The Morgan fingerprint density at radius 2 is 0.978 bits per heavy atom. The molecule has 1 aliphatic carbocycles. The van der Waals surface area contributed by atoms with Crippen molar-refractivity contribution in [3.8, 4) is 5.75 Å². The van der Waals surface area contributed by atoms with Crippen LogP contribution in [-0.4, -0.2) is 6.10 Å². The third-order valence-electron chi connectivity index (χ3n) is 8.48. The summed E-state index contributed by atoms with van der Waals surface area (Å²) in [5.41, 5.74) is 7.93. The molecule has 0 amide bonds. The van der Waals surface area contributed by atoms with E-state index in [2.05, 4.69) is 58.3 Å². The van der Waals surface area contributed by atoms with Crippen LogP contribution in [0.25, 0.3) is 11.3 Å². The van der Waals surface area contributed by atoms with Crippen LogP contribution >= 0.6 is 0 Å². The molecule has 218 valence electrons. The molecule has 1 aliphatic heterocycles. The predicted octanol–water partition coefficient (Wildman–Crippen LogP) is 8.74. The maximum atomic E-state index is 14.0. The zero-order valence-electron chi connectivity index (χ0n) is 24.3. The largest absolute Gasteiger partial charge is 0.485 e. The standard InChI is InChI=1S/C40H28F2N2O/c41-27-15-19-31(20-16-27)43(29-9-3-1-4-10-29)33-23-24-38-36(25-33)40-35-14-8-7-13-34(35)37(26-39(40)45-38)44(30-11-5-2-6-12-30)32-21-17-28(42)18-22-32/h1-25,39H,26H2/t39-/m0/s1. The van der Waals surface area contributed by atoms with Gasteiger partial charge in [0.15, 0.2) is 0 Å². The van der Waals surface area contributed by atoms with E-state index in [9.17, 15) is 8.78 Å². The van der Waals surface area contributed by atoms with E-state index in [1.165, 1.54) is 24.3 Å². The summed E-state index contributed by atoms with van der Waals surface area (Å²) in [6, 6.07) is 48.2. The summed E-state index contributed by atoms with van der Waals surface area (Å²) in [7, 11) is 0. The molecule has 0 aromatic heterocycles. The molecule has 6 aromatic rings. The minimum Gasteiger partial charge on any atom is -0.485 e. The van der Waals surface area contributed by atoms with Gasteiger partial charge in [-0.2, -0.15) is 0 Å². The van der Waals surface area contributed by atoms with Gasteiger partial charge in [0.1, 0.15) is 23.5 Å². The van der Waals surface area contributed by atoms with Gasteiger partial charge < -0.3 is 14.5 Å². The molecule has 3 nitrogen and oxygen atoms in total. The van der Waals surface area contributed by atoms with Crippen LogP contribution in [0.2, 0.25) is 0 Å². The van der Waals surface area contributed by atoms with Gasteiger partial charge in [-0.25, -0.2) is 8.78 Å². The smallest absolute Gasteiger partial charge is 0.131 e. The maximum absolute atomic E-state index is 14.0. The predicted molar refractivity (Wildman–Crippen MR) is 177 cm³/mol. The molecule has 0 saturated heterocycles. The highest BCUT2D eigenvalue weighted by Gasteiger charge is 2.35. The lowest BCUT2D eigenvalue weighted by molar-refractivity contribution is 0.279. The Balaban J connectivity index is 1.33. The summed E-state index contributed by atoms with van der Waals surface area (Å²) in [5.74, 6) is 0.283. The average molecular weight is 591 g/mol. The third kappa shape index (κ3) is 4.83. The lowest BCUT2D eigenvalue weighted by Crippen LogP contribution is -2.41. The molecule has 0 bridgehead atoms. The van der Waals surface area contributed by atoms with Crippen molar-refractivity contribution < 1.29 is 13.5 Å². The SMILES string of the molecule is Fc1ccc(N(C2=c3ccccc3=C3c4cc(N(c5ccccc5)c5ccc(F)cc5)ccc4O[C@H]3C2)c2ccccc2)cc1. The molecule has 45 heavy (non-hydrogen) atoms. The first-order chi connectivity index (χ1) is 22.1. The number of fused-ring (bicyclic) bond motifs is 4. The first kappa shape index (κ1) is 26.9. The third-order valence-corrected chi connectivity index (χ3v) is 8.48. The van der Waals surface area contributed by atoms with E-state index in [0.29, 0.717) is 6.42 Å². The Bertz CT molecular complexity index is 2130. The Morgan fingerprint density at radius 1 is 0.489 bits per heavy atom.